The normalized spacial score (nSPS) is 10.8. The van der Waals surface area contributed by atoms with Crippen molar-refractivity contribution in [3.8, 4) is 17.2 Å². The molecule has 2 aromatic carbocycles. The molecular formula is C23H22N4O4. The molecular weight excluding hydrogens is 396 g/mol. The Labute approximate surface area is 178 Å². The number of pyridine rings is 1. The van der Waals surface area contributed by atoms with Crippen molar-refractivity contribution in [3.05, 3.63) is 82.9 Å². The summed E-state index contributed by atoms with van der Waals surface area (Å²) in [5.41, 5.74) is 2.29. The van der Waals surface area contributed by atoms with Gasteiger partial charge in [0.15, 0.2) is 5.65 Å². The van der Waals surface area contributed by atoms with Crippen LogP contribution in [0.2, 0.25) is 0 Å². The van der Waals surface area contributed by atoms with Crippen molar-refractivity contribution < 1.29 is 14.3 Å². The lowest BCUT2D eigenvalue weighted by atomic mass is 10.2. The molecule has 4 aromatic rings. The number of nitrogens with one attached hydrogen (secondary N) is 1. The Morgan fingerprint density at radius 2 is 1.71 bits per heavy atom. The van der Waals surface area contributed by atoms with E-state index in [9.17, 15) is 9.59 Å². The molecule has 0 spiro atoms. The van der Waals surface area contributed by atoms with Crippen molar-refractivity contribution in [2.24, 2.45) is 0 Å². The summed E-state index contributed by atoms with van der Waals surface area (Å²) < 4.78 is 13.5. The van der Waals surface area contributed by atoms with Gasteiger partial charge in [0.25, 0.3) is 0 Å². The Kier molecular flexibility index (Phi) is 5.70. The summed E-state index contributed by atoms with van der Waals surface area (Å²) in [4.78, 5) is 30.2. The average molecular weight is 418 g/mol. The number of hydrogen-bond donors (Lipinski definition) is 1. The molecule has 31 heavy (non-hydrogen) atoms. The molecule has 1 amide bonds. The number of amides is 1. The van der Waals surface area contributed by atoms with Crippen LogP contribution in [0.4, 0.5) is 0 Å². The van der Waals surface area contributed by atoms with E-state index in [1.165, 1.54) is 9.13 Å². The fourth-order valence-electron chi connectivity index (χ4n) is 3.42. The van der Waals surface area contributed by atoms with Crippen molar-refractivity contribution in [2.75, 3.05) is 14.2 Å². The second kappa shape index (κ2) is 8.74. The SMILES string of the molecule is COc1cc(CNC(=O)Cn2c(=O)n(-c3ccccc3)c3ncccc32)cc(OC)c1. The summed E-state index contributed by atoms with van der Waals surface area (Å²) in [6.07, 6.45) is 1.63. The zero-order chi connectivity index (χ0) is 21.8. The van der Waals surface area contributed by atoms with E-state index in [2.05, 4.69) is 10.3 Å². The van der Waals surface area contributed by atoms with Gasteiger partial charge in [-0.05, 0) is 42.0 Å². The highest BCUT2D eigenvalue weighted by Crippen LogP contribution is 2.22. The monoisotopic (exact) mass is 418 g/mol. The van der Waals surface area contributed by atoms with Crippen LogP contribution in [-0.2, 0) is 17.9 Å². The molecule has 8 heteroatoms. The first-order valence-corrected chi connectivity index (χ1v) is 9.71. The standard InChI is InChI=1S/C23H22N4O4/c1-30-18-11-16(12-19(13-18)31-2)14-25-21(28)15-26-20-9-6-10-24-22(20)27(23(26)29)17-7-4-3-5-8-17/h3-13H,14-15H2,1-2H3,(H,25,28). The smallest absolute Gasteiger partial charge is 0.335 e. The molecule has 0 unspecified atom stereocenters. The summed E-state index contributed by atoms with van der Waals surface area (Å²) in [5, 5.41) is 2.85. The number of ether oxygens (including phenoxy) is 2. The van der Waals surface area contributed by atoms with E-state index in [4.69, 9.17) is 9.47 Å². The summed E-state index contributed by atoms with van der Waals surface area (Å²) in [5.74, 6) is 0.980. The van der Waals surface area contributed by atoms with Crippen molar-refractivity contribution in [1.29, 1.82) is 0 Å². The first kappa shape index (κ1) is 20.2. The molecule has 0 radical (unpaired) electrons. The van der Waals surface area contributed by atoms with Crippen LogP contribution < -0.4 is 20.5 Å². The zero-order valence-electron chi connectivity index (χ0n) is 17.2. The zero-order valence-corrected chi connectivity index (χ0v) is 17.2. The minimum Gasteiger partial charge on any atom is -0.497 e. The maximum Gasteiger partial charge on any atom is 0.335 e. The van der Waals surface area contributed by atoms with E-state index in [1.807, 2.05) is 42.5 Å². The number of nitrogens with zero attached hydrogens (tertiary/aromatic N) is 3. The number of hydrogen-bond acceptors (Lipinski definition) is 5. The summed E-state index contributed by atoms with van der Waals surface area (Å²) in [7, 11) is 3.14. The van der Waals surface area contributed by atoms with Crippen LogP contribution in [0.1, 0.15) is 5.56 Å². The third-order valence-corrected chi connectivity index (χ3v) is 4.91. The maximum absolute atomic E-state index is 13.1. The molecule has 2 heterocycles. The lowest BCUT2D eigenvalue weighted by molar-refractivity contribution is -0.121. The fraction of sp³-hybridized carbons (Fsp3) is 0.174. The van der Waals surface area contributed by atoms with Gasteiger partial charge in [-0.25, -0.2) is 14.3 Å². The van der Waals surface area contributed by atoms with E-state index in [0.717, 1.165) is 5.56 Å². The van der Waals surface area contributed by atoms with Gasteiger partial charge in [0.1, 0.15) is 18.0 Å². The third-order valence-electron chi connectivity index (χ3n) is 4.91. The van der Waals surface area contributed by atoms with Gasteiger partial charge < -0.3 is 14.8 Å². The summed E-state index contributed by atoms with van der Waals surface area (Å²) >= 11 is 0. The number of fused-ring (bicyclic) bond motifs is 1. The van der Waals surface area contributed by atoms with Crippen LogP contribution in [-0.4, -0.2) is 34.2 Å². The van der Waals surface area contributed by atoms with Gasteiger partial charge in [0.05, 0.1) is 25.4 Å². The average Bonchev–Trinajstić information content (AvgIpc) is 3.09. The Hall–Kier alpha value is -4.07. The molecule has 2 aromatic heterocycles. The van der Waals surface area contributed by atoms with Crippen LogP contribution in [0.15, 0.2) is 71.7 Å². The Balaban J connectivity index is 1.59. The number of imidazole rings is 1. The van der Waals surface area contributed by atoms with Crippen LogP contribution in [0, 0.1) is 0 Å². The number of benzene rings is 2. The van der Waals surface area contributed by atoms with Crippen LogP contribution in [0.3, 0.4) is 0 Å². The van der Waals surface area contributed by atoms with Gasteiger partial charge in [0, 0.05) is 18.8 Å². The maximum atomic E-state index is 13.1. The lowest BCUT2D eigenvalue weighted by Gasteiger charge is -2.10. The van der Waals surface area contributed by atoms with Gasteiger partial charge in [-0.3, -0.25) is 9.36 Å². The summed E-state index contributed by atoms with van der Waals surface area (Å²) in [6.45, 7) is 0.151. The fourth-order valence-corrected chi connectivity index (χ4v) is 3.42. The minimum absolute atomic E-state index is 0.123. The third kappa shape index (κ3) is 4.13. The number of para-hydroxylation sites is 1. The lowest BCUT2D eigenvalue weighted by Crippen LogP contribution is -2.32. The van der Waals surface area contributed by atoms with Gasteiger partial charge in [-0.2, -0.15) is 0 Å². The van der Waals surface area contributed by atoms with Crippen LogP contribution in [0.5, 0.6) is 11.5 Å². The molecule has 0 aliphatic carbocycles. The molecule has 158 valence electrons. The Bertz CT molecular complexity index is 1260. The van der Waals surface area contributed by atoms with E-state index in [0.29, 0.717) is 28.4 Å². The molecule has 4 rings (SSSR count). The first-order valence-electron chi connectivity index (χ1n) is 9.71. The molecule has 0 bridgehead atoms. The first-order chi connectivity index (χ1) is 15.1. The molecule has 0 atom stereocenters. The van der Waals surface area contributed by atoms with Gasteiger partial charge >= 0.3 is 5.69 Å². The number of carbonyl (C=O) groups excluding carboxylic acids is 1. The van der Waals surface area contributed by atoms with Crippen LogP contribution in [0.25, 0.3) is 16.9 Å². The topological polar surface area (TPSA) is 87.4 Å². The van der Waals surface area contributed by atoms with Crippen molar-refractivity contribution in [3.63, 3.8) is 0 Å². The quantitative estimate of drug-likeness (QED) is 0.498. The molecule has 1 N–H and O–H groups in total. The van der Waals surface area contributed by atoms with E-state index >= 15 is 0 Å². The van der Waals surface area contributed by atoms with E-state index in [-0.39, 0.29) is 24.7 Å². The minimum atomic E-state index is -0.321. The second-order valence-electron chi connectivity index (χ2n) is 6.88. The molecule has 0 fully saturated rings. The van der Waals surface area contributed by atoms with Crippen molar-refractivity contribution in [1.82, 2.24) is 19.4 Å². The number of aromatic nitrogens is 3. The molecule has 0 saturated heterocycles. The van der Waals surface area contributed by atoms with Gasteiger partial charge in [-0.15, -0.1) is 0 Å². The summed E-state index contributed by atoms with van der Waals surface area (Å²) in [6, 6.07) is 18.2. The van der Waals surface area contributed by atoms with E-state index in [1.54, 1.807) is 38.6 Å². The molecule has 0 aliphatic heterocycles. The Morgan fingerprint density at radius 1 is 1.00 bits per heavy atom. The highest BCUT2D eigenvalue weighted by atomic mass is 16.5. The number of rotatable bonds is 7. The molecule has 0 aliphatic rings. The molecule has 8 nitrogen and oxygen atoms in total. The van der Waals surface area contributed by atoms with E-state index < -0.39 is 0 Å². The van der Waals surface area contributed by atoms with Gasteiger partial charge in [-0.1, -0.05) is 18.2 Å². The number of methoxy groups -OCH3 is 2. The second-order valence-corrected chi connectivity index (χ2v) is 6.88. The number of carbonyl (C=O) groups is 1. The van der Waals surface area contributed by atoms with Crippen molar-refractivity contribution in [2.45, 2.75) is 13.1 Å². The largest absolute Gasteiger partial charge is 0.497 e. The molecule has 0 saturated carbocycles. The highest BCUT2D eigenvalue weighted by Gasteiger charge is 2.17. The van der Waals surface area contributed by atoms with Gasteiger partial charge in [0.2, 0.25) is 5.91 Å². The predicted molar refractivity (Wildman–Crippen MR) is 117 cm³/mol. The highest BCUT2D eigenvalue weighted by molar-refractivity contribution is 5.80. The predicted octanol–water partition coefficient (Wildman–Crippen LogP) is 2.52. The van der Waals surface area contributed by atoms with Crippen LogP contribution >= 0.6 is 0 Å². The Morgan fingerprint density at radius 3 is 2.39 bits per heavy atom. The van der Waals surface area contributed by atoms with Crippen molar-refractivity contribution >= 4 is 17.1 Å².